The Labute approximate surface area is 110 Å². The maximum atomic E-state index is 12.1. The number of hydrogen-bond acceptors (Lipinski definition) is 4. The molecule has 18 heavy (non-hydrogen) atoms. The largest absolute Gasteiger partial charge is 0.342 e. The second-order valence-electron chi connectivity index (χ2n) is 4.13. The van der Waals surface area contributed by atoms with Crippen LogP contribution < -0.4 is 5.73 Å². The molecule has 0 spiro atoms. The standard InChI is InChI=1S/C11H25N3O3S/c1-5-10(8-12)18(16,17)13(4)9-11(15)14(6-2)7-3/h10H,5-9,12H2,1-4H3. The van der Waals surface area contributed by atoms with Gasteiger partial charge in [-0.1, -0.05) is 6.92 Å². The van der Waals surface area contributed by atoms with Gasteiger partial charge in [-0.2, -0.15) is 4.31 Å². The molecule has 0 aromatic carbocycles. The second kappa shape index (κ2) is 7.70. The molecule has 0 aliphatic rings. The summed E-state index contributed by atoms with van der Waals surface area (Å²) >= 11 is 0. The number of amides is 1. The molecule has 0 aromatic rings. The van der Waals surface area contributed by atoms with Gasteiger partial charge in [0.15, 0.2) is 0 Å². The van der Waals surface area contributed by atoms with Crippen molar-refractivity contribution in [3.8, 4) is 0 Å². The molecule has 0 bridgehead atoms. The fourth-order valence-electron chi connectivity index (χ4n) is 1.71. The molecular weight excluding hydrogens is 254 g/mol. The van der Waals surface area contributed by atoms with Gasteiger partial charge in [0.2, 0.25) is 15.9 Å². The molecule has 0 saturated carbocycles. The molecule has 6 nitrogen and oxygen atoms in total. The van der Waals surface area contributed by atoms with Crippen LogP contribution in [-0.2, 0) is 14.8 Å². The van der Waals surface area contributed by atoms with Gasteiger partial charge in [0.25, 0.3) is 0 Å². The first-order valence-corrected chi connectivity index (χ1v) is 7.78. The van der Waals surface area contributed by atoms with Crippen LogP contribution in [0.15, 0.2) is 0 Å². The topological polar surface area (TPSA) is 83.7 Å². The highest BCUT2D eigenvalue weighted by Crippen LogP contribution is 2.10. The molecule has 0 aliphatic heterocycles. The Hall–Kier alpha value is -0.660. The first kappa shape index (κ1) is 17.3. The Morgan fingerprint density at radius 3 is 2.06 bits per heavy atom. The molecule has 108 valence electrons. The average Bonchev–Trinajstić information content (AvgIpc) is 2.31. The number of carbonyl (C=O) groups is 1. The van der Waals surface area contributed by atoms with Crippen molar-refractivity contribution in [2.45, 2.75) is 32.4 Å². The highest BCUT2D eigenvalue weighted by Gasteiger charge is 2.29. The quantitative estimate of drug-likeness (QED) is 0.670. The molecule has 0 fully saturated rings. The fraction of sp³-hybridized carbons (Fsp3) is 0.909. The third kappa shape index (κ3) is 4.22. The monoisotopic (exact) mass is 279 g/mol. The highest BCUT2D eigenvalue weighted by molar-refractivity contribution is 7.89. The van der Waals surface area contributed by atoms with Gasteiger partial charge in [-0.25, -0.2) is 8.42 Å². The van der Waals surface area contributed by atoms with Crippen molar-refractivity contribution in [3.05, 3.63) is 0 Å². The van der Waals surface area contributed by atoms with E-state index in [9.17, 15) is 13.2 Å². The van der Waals surface area contributed by atoms with E-state index in [0.29, 0.717) is 19.5 Å². The number of rotatable bonds is 8. The van der Waals surface area contributed by atoms with Crippen LogP contribution in [-0.4, -0.2) is 62.0 Å². The summed E-state index contributed by atoms with van der Waals surface area (Å²) in [5.41, 5.74) is 5.45. The van der Waals surface area contributed by atoms with Gasteiger partial charge in [0.1, 0.15) is 0 Å². The van der Waals surface area contributed by atoms with Crippen molar-refractivity contribution in [1.82, 2.24) is 9.21 Å². The minimum atomic E-state index is -3.49. The summed E-state index contributed by atoms with van der Waals surface area (Å²) in [6, 6.07) is 0. The molecule has 0 heterocycles. The Balaban J connectivity index is 4.76. The van der Waals surface area contributed by atoms with E-state index in [1.165, 1.54) is 7.05 Å². The molecule has 1 unspecified atom stereocenters. The van der Waals surface area contributed by atoms with Crippen LogP contribution >= 0.6 is 0 Å². The van der Waals surface area contributed by atoms with Crippen LogP contribution in [0.5, 0.6) is 0 Å². The van der Waals surface area contributed by atoms with Crippen molar-refractivity contribution in [2.24, 2.45) is 5.73 Å². The van der Waals surface area contributed by atoms with Gasteiger partial charge in [-0.3, -0.25) is 4.79 Å². The number of carbonyl (C=O) groups excluding carboxylic acids is 1. The van der Waals surface area contributed by atoms with Gasteiger partial charge in [0, 0.05) is 26.7 Å². The van der Waals surface area contributed by atoms with Crippen molar-refractivity contribution in [3.63, 3.8) is 0 Å². The molecule has 2 N–H and O–H groups in total. The normalized spacial score (nSPS) is 13.7. The summed E-state index contributed by atoms with van der Waals surface area (Å²) in [5, 5.41) is -0.619. The van der Waals surface area contributed by atoms with Crippen LogP contribution in [0.1, 0.15) is 27.2 Å². The summed E-state index contributed by atoms with van der Waals surface area (Å²) in [4.78, 5) is 13.5. The lowest BCUT2D eigenvalue weighted by Crippen LogP contribution is -2.45. The molecule has 0 saturated heterocycles. The summed E-state index contributed by atoms with van der Waals surface area (Å²) < 4.78 is 25.3. The maximum absolute atomic E-state index is 12.1. The number of hydrogen-bond donors (Lipinski definition) is 1. The zero-order valence-corrected chi connectivity index (χ0v) is 12.5. The first-order chi connectivity index (χ1) is 8.34. The molecular formula is C11H25N3O3S. The summed E-state index contributed by atoms with van der Waals surface area (Å²) in [5.74, 6) is -0.182. The van der Waals surface area contributed by atoms with E-state index in [0.717, 1.165) is 4.31 Å². The smallest absolute Gasteiger partial charge is 0.237 e. The van der Waals surface area contributed by atoms with Crippen molar-refractivity contribution in [2.75, 3.05) is 33.2 Å². The predicted octanol–water partition coefficient (Wildman–Crippen LogP) is -0.146. The van der Waals surface area contributed by atoms with Gasteiger partial charge >= 0.3 is 0 Å². The Morgan fingerprint density at radius 1 is 1.22 bits per heavy atom. The molecule has 1 amide bonds. The highest BCUT2D eigenvalue weighted by atomic mass is 32.2. The summed E-state index contributed by atoms with van der Waals surface area (Å²) in [6.45, 7) is 6.61. The van der Waals surface area contributed by atoms with Crippen molar-refractivity contribution >= 4 is 15.9 Å². The predicted molar refractivity (Wildman–Crippen MR) is 72.6 cm³/mol. The lowest BCUT2D eigenvalue weighted by molar-refractivity contribution is -0.130. The van der Waals surface area contributed by atoms with E-state index in [4.69, 9.17) is 5.73 Å². The van der Waals surface area contributed by atoms with Crippen LogP contribution in [0.4, 0.5) is 0 Å². The van der Waals surface area contributed by atoms with Gasteiger partial charge < -0.3 is 10.6 Å². The van der Waals surface area contributed by atoms with Gasteiger partial charge in [-0.05, 0) is 20.3 Å². The van der Waals surface area contributed by atoms with Gasteiger partial charge in [0.05, 0.1) is 11.8 Å². The van der Waals surface area contributed by atoms with E-state index in [1.807, 2.05) is 13.8 Å². The number of sulfonamides is 1. The fourth-order valence-corrected chi connectivity index (χ4v) is 3.17. The zero-order valence-electron chi connectivity index (χ0n) is 11.7. The number of likely N-dealkylation sites (N-methyl/N-ethyl adjacent to an activating group) is 2. The van der Waals surface area contributed by atoms with Crippen LogP contribution in [0.25, 0.3) is 0 Å². The molecule has 0 aliphatic carbocycles. The SMILES string of the molecule is CCC(CN)S(=O)(=O)N(C)CC(=O)N(CC)CC. The number of nitrogens with two attached hydrogens (primary N) is 1. The van der Waals surface area contributed by atoms with Gasteiger partial charge in [-0.15, -0.1) is 0 Å². The lowest BCUT2D eigenvalue weighted by Gasteiger charge is -2.25. The molecule has 0 radical (unpaired) electrons. The summed E-state index contributed by atoms with van der Waals surface area (Å²) in [6.07, 6.45) is 0.447. The first-order valence-electron chi connectivity index (χ1n) is 6.27. The molecule has 1 atom stereocenters. The Kier molecular flexibility index (Phi) is 7.42. The van der Waals surface area contributed by atoms with Crippen molar-refractivity contribution in [1.29, 1.82) is 0 Å². The molecule has 7 heteroatoms. The van der Waals surface area contributed by atoms with E-state index >= 15 is 0 Å². The summed E-state index contributed by atoms with van der Waals surface area (Å²) in [7, 11) is -2.06. The Morgan fingerprint density at radius 2 is 1.72 bits per heavy atom. The van der Waals surface area contributed by atoms with E-state index < -0.39 is 15.3 Å². The van der Waals surface area contributed by atoms with Crippen LogP contribution in [0, 0.1) is 0 Å². The third-order valence-corrected chi connectivity index (χ3v) is 5.41. The Bertz CT molecular complexity index is 349. The van der Waals surface area contributed by atoms with E-state index in [1.54, 1.807) is 11.8 Å². The van der Waals surface area contributed by atoms with Crippen LogP contribution in [0.3, 0.4) is 0 Å². The molecule has 0 aromatic heterocycles. The zero-order chi connectivity index (χ0) is 14.3. The van der Waals surface area contributed by atoms with Crippen molar-refractivity contribution < 1.29 is 13.2 Å². The maximum Gasteiger partial charge on any atom is 0.237 e. The minimum absolute atomic E-state index is 0.0721. The van der Waals surface area contributed by atoms with E-state index in [-0.39, 0.29) is 19.0 Å². The second-order valence-corrected chi connectivity index (χ2v) is 6.45. The third-order valence-electron chi connectivity index (χ3n) is 3.05. The van der Waals surface area contributed by atoms with E-state index in [2.05, 4.69) is 0 Å². The number of nitrogens with zero attached hydrogens (tertiary/aromatic N) is 2. The lowest BCUT2D eigenvalue weighted by atomic mass is 10.3. The minimum Gasteiger partial charge on any atom is -0.342 e. The average molecular weight is 279 g/mol. The van der Waals surface area contributed by atoms with Crippen LogP contribution in [0.2, 0.25) is 0 Å². The molecule has 0 rings (SSSR count).